The third kappa shape index (κ3) is 4.74. The van der Waals surface area contributed by atoms with Gasteiger partial charge in [0.15, 0.2) is 5.96 Å². The molecule has 2 rings (SSSR count). The molecule has 2 N–H and O–H groups in total. The van der Waals surface area contributed by atoms with Gasteiger partial charge in [0, 0.05) is 25.2 Å². The molecule has 0 unspecified atom stereocenters. The summed E-state index contributed by atoms with van der Waals surface area (Å²) in [5.74, 6) is 0.486. The first-order valence-electron chi connectivity index (χ1n) is 7.12. The Morgan fingerprint density at radius 2 is 1.73 bits per heavy atom. The van der Waals surface area contributed by atoms with Gasteiger partial charge in [0.1, 0.15) is 5.82 Å². The van der Waals surface area contributed by atoms with Gasteiger partial charge in [0.25, 0.3) is 0 Å². The third-order valence-corrected chi connectivity index (χ3v) is 3.64. The van der Waals surface area contributed by atoms with Crippen LogP contribution < -0.4 is 10.6 Å². The zero-order valence-electron chi connectivity index (χ0n) is 12.4. The molecule has 0 fully saturated rings. The number of hydrogen-bond donors (Lipinski definition) is 2. The zero-order chi connectivity index (χ0) is 15.8. The fourth-order valence-electron chi connectivity index (χ4n) is 2.06. The van der Waals surface area contributed by atoms with Crippen LogP contribution in [-0.4, -0.2) is 19.6 Å². The average molecular weight is 320 g/mol. The number of halogens is 2. The number of rotatable bonds is 5. The lowest BCUT2D eigenvalue weighted by Gasteiger charge is -2.12. The quantitative estimate of drug-likeness (QED) is 0.654. The topological polar surface area (TPSA) is 36.4 Å². The molecule has 3 nitrogen and oxygen atoms in total. The van der Waals surface area contributed by atoms with Crippen LogP contribution >= 0.6 is 11.6 Å². The molecule has 22 heavy (non-hydrogen) atoms. The molecule has 0 atom stereocenters. The minimum atomic E-state index is -0.177. The number of aliphatic imine (C=N–C) groups is 1. The van der Waals surface area contributed by atoms with Gasteiger partial charge in [0.05, 0.1) is 0 Å². The van der Waals surface area contributed by atoms with Gasteiger partial charge in [-0.05, 0) is 29.7 Å². The molecule has 5 heteroatoms. The molecular formula is C17H19ClFN3. The zero-order valence-corrected chi connectivity index (χ0v) is 13.2. The summed E-state index contributed by atoms with van der Waals surface area (Å²) in [6.45, 7) is 1.18. The molecule has 0 saturated heterocycles. The first kappa shape index (κ1) is 16.3. The van der Waals surface area contributed by atoms with Crippen LogP contribution in [0.1, 0.15) is 11.1 Å². The van der Waals surface area contributed by atoms with Crippen LogP contribution in [0.4, 0.5) is 4.39 Å². The molecule has 0 spiro atoms. The average Bonchev–Trinajstić information content (AvgIpc) is 2.54. The van der Waals surface area contributed by atoms with Crippen molar-refractivity contribution in [3.05, 3.63) is 70.5 Å². The third-order valence-electron chi connectivity index (χ3n) is 3.27. The lowest BCUT2D eigenvalue weighted by atomic mass is 10.1. The number of benzene rings is 2. The second-order valence-corrected chi connectivity index (χ2v) is 5.19. The molecule has 0 aromatic heterocycles. The van der Waals surface area contributed by atoms with Gasteiger partial charge in [-0.2, -0.15) is 0 Å². The molecule has 2 aromatic carbocycles. The Kier molecular flexibility index (Phi) is 6.22. The van der Waals surface area contributed by atoms with Crippen molar-refractivity contribution in [2.24, 2.45) is 4.99 Å². The van der Waals surface area contributed by atoms with E-state index < -0.39 is 0 Å². The molecule has 0 amide bonds. The Hall–Kier alpha value is -2.07. The van der Waals surface area contributed by atoms with Crippen LogP contribution in [-0.2, 0) is 13.0 Å². The Morgan fingerprint density at radius 1 is 1.05 bits per heavy atom. The van der Waals surface area contributed by atoms with Crippen LogP contribution in [0.15, 0.2) is 53.5 Å². The Balaban J connectivity index is 1.81. The minimum absolute atomic E-state index is 0.177. The molecule has 116 valence electrons. The van der Waals surface area contributed by atoms with E-state index in [9.17, 15) is 4.39 Å². The molecule has 0 aliphatic carbocycles. The van der Waals surface area contributed by atoms with Crippen molar-refractivity contribution in [3.8, 4) is 0 Å². The van der Waals surface area contributed by atoms with Gasteiger partial charge in [-0.1, -0.05) is 48.0 Å². The normalized spacial score (nSPS) is 11.3. The summed E-state index contributed by atoms with van der Waals surface area (Å²) < 4.78 is 13.5. The van der Waals surface area contributed by atoms with E-state index >= 15 is 0 Å². The summed E-state index contributed by atoms with van der Waals surface area (Å²) in [7, 11) is 1.70. The highest BCUT2D eigenvalue weighted by molar-refractivity contribution is 6.31. The van der Waals surface area contributed by atoms with Crippen molar-refractivity contribution < 1.29 is 4.39 Å². The summed E-state index contributed by atoms with van der Waals surface area (Å²) in [6, 6.07) is 14.4. The van der Waals surface area contributed by atoms with E-state index in [1.165, 1.54) is 6.07 Å². The van der Waals surface area contributed by atoms with Crippen molar-refractivity contribution in [1.29, 1.82) is 0 Å². The largest absolute Gasteiger partial charge is 0.356 e. The van der Waals surface area contributed by atoms with Crippen LogP contribution in [0.2, 0.25) is 5.02 Å². The van der Waals surface area contributed by atoms with Gasteiger partial charge in [-0.3, -0.25) is 4.99 Å². The maximum absolute atomic E-state index is 13.5. The second-order valence-electron chi connectivity index (χ2n) is 4.79. The van der Waals surface area contributed by atoms with E-state index in [1.807, 2.05) is 30.3 Å². The highest BCUT2D eigenvalue weighted by Crippen LogP contribution is 2.14. The maximum atomic E-state index is 13.5. The molecular weight excluding hydrogens is 301 g/mol. The van der Waals surface area contributed by atoms with Gasteiger partial charge in [-0.25, -0.2) is 4.39 Å². The second kappa shape index (κ2) is 8.39. The summed E-state index contributed by atoms with van der Waals surface area (Å²) >= 11 is 6.11. The van der Waals surface area contributed by atoms with Crippen LogP contribution in [0.5, 0.6) is 0 Å². The van der Waals surface area contributed by atoms with E-state index in [1.54, 1.807) is 19.2 Å². The van der Waals surface area contributed by atoms with Crippen molar-refractivity contribution in [1.82, 2.24) is 10.6 Å². The van der Waals surface area contributed by atoms with E-state index in [4.69, 9.17) is 11.6 Å². The number of hydrogen-bond acceptors (Lipinski definition) is 1. The van der Waals surface area contributed by atoms with Gasteiger partial charge in [-0.15, -0.1) is 0 Å². The van der Waals surface area contributed by atoms with E-state index in [-0.39, 0.29) is 5.82 Å². The predicted octanol–water partition coefficient (Wildman–Crippen LogP) is 3.39. The molecule has 0 aliphatic heterocycles. The van der Waals surface area contributed by atoms with E-state index in [2.05, 4.69) is 15.6 Å². The Morgan fingerprint density at radius 3 is 2.41 bits per heavy atom. The summed E-state index contributed by atoms with van der Waals surface area (Å²) in [5.41, 5.74) is 1.69. The number of nitrogens with zero attached hydrogens (tertiary/aromatic N) is 1. The summed E-state index contributed by atoms with van der Waals surface area (Å²) in [6.07, 6.45) is 0.597. The molecule has 0 radical (unpaired) electrons. The van der Waals surface area contributed by atoms with Crippen LogP contribution in [0, 0.1) is 5.82 Å². The lowest BCUT2D eigenvalue weighted by molar-refractivity contribution is 0.606. The molecule has 0 aliphatic rings. The highest BCUT2D eigenvalue weighted by Gasteiger charge is 2.03. The first-order chi connectivity index (χ1) is 10.7. The molecule has 0 saturated carbocycles. The Bertz CT molecular complexity index is 643. The first-order valence-corrected chi connectivity index (χ1v) is 7.50. The van der Waals surface area contributed by atoms with Crippen molar-refractivity contribution in [2.75, 3.05) is 13.6 Å². The number of guanidine groups is 1. The SMILES string of the molecule is CN=C(NCCc1ccccc1F)NCc1ccccc1Cl. The maximum Gasteiger partial charge on any atom is 0.191 e. The molecule has 0 heterocycles. The van der Waals surface area contributed by atoms with Crippen LogP contribution in [0.3, 0.4) is 0 Å². The minimum Gasteiger partial charge on any atom is -0.356 e. The van der Waals surface area contributed by atoms with E-state index in [0.29, 0.717) is 31.0 Å². The highest BCUT2D eigenvalue weighted by atomic mass is 35.5. The van der Waals surface area contributed by atoms with Crippen molar-refractivity contribution in [2.45, 2.75) is 13.0 Å². The summed E-state index contributed by atoms with van der Waals surface area (Å²) in [5, 5.41) is 7.07. The lowest BCUT2D eigenvalue weighted by Crippen LogP contribution is -2.38. The fourth-order valence-corrected chi connectivity index (χ4v) is 2.26. The predicted molar refractivity (Wildman–Crippen MR) is 89.8 cm³/mol. The molecule has 2 aromatic rings. The van der Waals surface area contributed by atoms with E-state index in [0.717, 1.165) is 10.6 Å². The smallest absolute Gasteiger partial charge is 0.191 e. The Labute approximate surface area is 135 Å². The number of nitrogens with one attached hydrogen (secondary N) is 2. The van der Waals surface area contributed by atoms with Gasteiger partial charge < -0.3 is 10.6 Å². The van der Waals surface area contributed by atoms with Crippen molar-refractivity contribution in [3.63, 3.8) is 0 Å². The summed E-state index contributed by atoms with van der Waals surface area (Å²) in [4.78, 5) is 4.14. The fraction of sp³-hybridized carbons (Fsp3) is 0.235. The van der Waals surface area contributed by atoms with Crippen molar-refractivity contribution >= 4 is 17.6 Å². The van der Waals surface area contributed by atoms with Gasteiger partial charge in [0.2, 0.25) is 0 Å². The van der Waals surface area contributed by atoms with Gasteiger partial charge >= 0.3 is 0 Å². The van der Waals surface area contributed by atoms with Crippen LogP contribution in [0.25, 0.3) is 0 Å². The monoisotopic (exact) mass is 319 g/mol. The standard InChI is InChI=1S/C17H19ClFN3/c1-20-17(22-12-14-7-2-4-8-15(14)18)21-11-10-13-6-3-5-9-16(13)19/h2-9H,10-12H2,1H3,(H2,20,21,22). The molecule has 0 bridgehead atoms.